The predicted octanol–water partition coefficient (Wildman–Crippen LogP) is 7.45. The highest BCUT2D eigenvalue weighted by Crippen LogP contribution is 2.40. The van der Waals surface area contributed by atoms with Crippen molar-refractivity contribution in [3.8, 4) is 5.75 Å². The van der Waals surface area contributed by atoms with Gasteiger partial charge in [0.1, 0.15) is 12.4 Å². The van der Waals surface area contributed by atoms with Crippen LogP contribution in [0.2, 0.25) is 0 Å². The minimum atomic E-state index is 0.0429. The van der Waals surface area contributed by atoms with E-state index in [1.165, 1.54) is 18.2 Å². The molecule has 1 saturated carbocycles. The minimum absolute atomic E-state index is 0.0429. The molecule has 3 aromatic rings. The van der Waals surface area contributed by atoms with E-state index in [0.717, 1.165) is 47.0 Å². The van der Waals surface area contributed by atoms with Crippen LogP contribution in [0.1, 0.15) is 43.7 Å². The minimum Gasteiger partial charge on any atom is -0.488 e. The number of rotatable bonds is 6. The van der Waals surface area contributed by atoms with Gasteiger partial charge in [-0.25, -0.2) is 4.99 Å². The Kier molecular flexibility index (Phi) is 7.34. The normalized spacial score (nSPS) is 22.7. The van der Waals surface area contributed by atoms with Crippen LogP contribution in [0.3, 0.4) is 0 Å². The van der Waals surface area contributed by atoms with Crippen LogP contribution < -0.4 is 4.74 Å². The molecule has 1 heterocycles. The third-order valence-corrected chi connectivity index (χ3v) is 7.64. The summed E-state index contributed by atoms with van der Waals surface area (Å²) in [5, 5.41) is 0.772. The molecule has 2 atom stereocenters. The molecule has 1 saturated heterocycles. The fourth-order valence-electron chi connectivity index (χ4n) is 4.76. The van der Waals surface area contributed by atoms with Crippen molar-refractivity contribution < 1.29 is 9.53 Å². The number of benzene rings is 3. The van der Waals surface area contributed by atoms with Crippen molar-refractivity contribution in [3.63, 3.8) is 0 Å². The van der Waals surface area contributed by atoms with Gasteiger partial charge in [0.05, 0.1) is 10.6 Å². The van der Waals surface area contributed by atoms with Gasteiger partial charge >= 0.3 is 0 Å². The molecular formula is C30H30N2O2S. The molecule has 0 unspecified atom stereocenters. The lowest BCUT2D eigenvalue weighted by Gasteiger charge is -2.35. The molecule has 5 heteroatoms. The van der Waals surface area contributed by atoms with Crippen LogP contribution in [0.4, 0.5) is 5.69 Å². The third kappa shape index (κ3) is 5.51. The number of hydrogen-bond acceptors (Lipinski definition) is 4. The second kappa shape index (κ2) is 11.0. The fraction of sp³-hybridized carbons (Fsp3) is 0.267. The highest BCUT2D eigenvalue weighted by molar-refractivity contribution is 8.18. The first-order valence-electron chi connectivity index (χ1n) is 12.3. The number of amides is 1. The molecule has 0 N–H and O–H groups in total. The zero-order valence-corrected chi connectivity index (χ0v) is 20.8. The molecule has 0 spiro atoms. The SMILES string of the molecule is C[C@H]1CCCC[C@@H]1N1C(=O)/C(=C/c2ccccc2OCc2ccccc2)SC1=Nc1ccccc1. The van der Waals surface area contributed by atoms with E-state index in [0.29, 0.717) is 17.4 Å². The summed E-state index contributed by atoms with van der Waals surface area (Å²) in [6.45, 7) is 2.74. The maximum atomic E-state index is 13.8. The summed E-state index contributed by atoms with van der Waals surface area (Å²) < 4.78 is 6.14. The van der Waals surface area contributed by atoms with Gasteiger partial charge in [-0.05, 0) is 60.4 Å². The standard InChI is InChI=1S/C30H30N2O2S/c1-22-12-8-10-18-26(22)32-29(33)28(35-30(32)31-25-16-6-3-7-17-25)20-24-15-9-11-19-27(24)34-21-23-13-4-2-5-14-23/h2-7,9,11,13-17,19-20,22,26H,8,10,12,18,21H2,1H3/b28-20-,31-30?/t22-,26-/m0/s1. The molecular weight excluding hydrogens is 452 g/mol. The number of aliphatic imine (C=N–C) groups is 1. The monoisotopic (exact) mass is 482 g/mol. The molecule has 35 heavy (non-hydrogen) atoms. The van der Waals surface area contributed by atoms with Crippen LogP contribution in [-0.4, -0.2) is 22.0 Å². The largest absolute Gasteiger partial charge is 0.488 e. The highest BCUT2D eigenvalue weighted by Gasteiger charge is 2.41. The molecule has 0 radical (unpaired) electrons. The smallest absolute Gasteiger partial charge is 0.267 e. The predicted molar refractivity (Wildman–Crippen MR) is 145 cm³/mol. The Morgan fingerprint density at radius 3 is 2.40 bits per heavy atom. The van der Waals surface area contributed by atoms with E-state index in [-0.39, 0.29) is 11.9 Å². The van der Waals surface area contributed by atoms with Gasteiger partial charge in [-0.2, -0.15) is 0 Å². The topological polar surface area (TPSA) is 41.9 Å². The maximum absolute atomic E-state index is 13.8. The fourth-order valence-corrected chi connectivity index (χ4v) is 5.79. The molecule has 178 valence electrons. The zero-order chi connectivity index (χ0) is 24.0. The van der Waals surface area contributed by atoms with Crippen molar-refractivity contribution in [1.82, 2.24) is 4.90 Å². The Bertz CT molecular complexity index is 1220. The molecule has 1 amide bonds. The summed E-state index contributed by atoms with van der Waals surface area (Å²) in [5.41, 5.74) is 2.87. The van der Waals surface area contributed by atoms with Gasteiger partial charge in [-0.3, -0.25) is 9.69 Å². The van der Waals surface area contributed by atoms with Gasteiger partial charge in [-0.1, -0.05) is 86.5 Å². The van der Waals surface area contributed by atoms with Crippen LogP contribution in [0.5, 0.6) is 5.75 Å². The summed E-state index contributed by atoms with van der Waals surface area (Å²) in [7, 11) is 0. The first-order valence-corrected chi connectivity index (χ1v) is 13.1. The van der Waals surface area contributed by atoms with Crippen LogP contribution in [0, 0.1) is 5.92 Å². The molecule has 0 bridgehead atoms. The number of carbonyl (C=O) groups excluding carboxylic acids is 1. The Balaban J connectivity index is 1.45. The van der Waals surface area contributed by atoms with Gasteiger partial charge in [0.25, 0.3) is 5.91 Å². The second-order valence-corrected chi connectivity index (χ2v) is 10.2. The average Bonchev–Trinajstić information content (AvgIpc) is 3.19. The van der Waals surface area contributed by atoms with E-state index in [2.05, 4.69) is 6.92 Å². The molecule has 2 fully saturated rings. The second-order valence-electron chi connectivity index (χ2n) is 9.16. The van der Waals surface area contributed by atoms with Crippen LogP contribution >= 0.6 is 11.8 Å². The Labute approximate surface area is 211 Å². The van der Waals surface area contributed by atoms with Crippen LogP contribution in [-0.2, 0) is 11.4 Å². The third-order valence-electron chi connectivity index (χ3n) is 6.66. The lowest BCUT2D eigenvalue weighted by Crippen LogP contribution is -2.44. The van der Waals surface area contributed by atoms with Crippen molar-refractivity contribution >= 4 is 34.6 Å². The van der Waals surface area contributed by atoms with Gasteiger partial charge in [-0.15, -0.1) is 0 Å². The molecule has 0 aromatic heterocycles. The summed E-state index contributed by atoms with van der Waals surface area (Å²) >= 11 is 1.47. The van der Waals surface area contributed by atoms with Gasteiger partial charge in [0, 0.05) is 11.6 Å². The van der Waals surface area contributed by atoms with E-state index in [1.807, 2.05) is 95.9 Å². The first-order chi connectivity index (χ1) is 17.2. The van der Waals surface area contributed by atoms with Crippen molar-refractivity contribution in [2.45, 2.75) is 45.3 Å². The first kappa shape index (κ1) is 23.4. The molecule has 1 aliphatic carbocycles. The van der Waals surface area contributed by atoms with Crippen molar-refractivity contribution in [1.29, 1.82) is 0 Å². The van der Waals surface area contributed by atoms with Crippen molar-refractivity contribution in [2.24, 2.45) is 10.9 Å². The molecule has 1 aliphatic heterocycles. The number of ether oxygens (including phenoxy) is 1. The Morgan fingerprint density at radius 1 is 0.943 bits per heavy atom. The number of nitrogens with zero attached hydrogens (tertiary/aromatic N) is 2. The number of thioether (sulfide) groups is 1. The van der Waals surface area contributed by atoms with E-state index in [9.17, 15) is 4.79 Å². The van der Waals surface area contributed by atoms with Crippen LogP contribution in [0.15, 0.2) is 94.8 Å². The molecule has 4 nitrogen and oxygen atoms in total. The summed E-state index contributed by atoms with van der Waals surface area (Å²) in [5.74, 6) is 1.26. The zero-order valence-electron chi connectivity index (χ0n) is 20.0. The van der Waals surface area contributed by atoms with E-state index < -0.39 is 0 Å². The highest BCUT2D eigenvalue weighted by atomic mass is 32.2. The summed E-state index contributed by atoms with van der Waals surface area (Å²) in [4.78, 5) is 21.3. The van der Waals surface area contributed by atoms with Crippen LogP contribution in [0.25, 0.3) is 6.08 Å². The average molecular weight is 483 g/mol. The van der Waals surface area contributed by atoms with Crippen molar-refractivity contribution in [3.05, 3.63) is 101 Å². The number of amidine groups is 1. The summed E-state index contributed by atoms with van der Waals surface area (Å²) in [6.07, 6.45) is 6.50. The van der Waals surface area contributed by atoms with Gasteiger partial charge < -0.3 is 4.74 Å². The molecule has 2 aliphatic rings. The van der Waals surface area contributed by atoms with E-state index >= 15 is 0 Å². The number of para-hydroxylation sites is 2. The lowest BCUT2D eigenvalue weighted by molar-refractivity contribution is -0.124. The van der Waals surface area contributed by atoms with Crippen molar-refractivity contribution in [2.75, 3.05) is 0 Å². The van der Waals surface area contributed by atoms with E-state index in [4.69, 9.17) is 9.73 Å². The quantitative estimate of drug-likeness (QED) is 0.343. The Morgan fingerprint density at radius 2 is 1.63 bits per heavy atom. The van der Waals surface area contributed by atoms with E-state index in [1.54, 1.807) is 0 Å². The van der Waals surface area contributed by atoms with Gasteiger partial charge in [0.15, 0.2) is 5.17 Å². The molecule has 3 aromatic carbocycles. The Hall–Kier alpha value is -3.31. The number of carbonyl (C=O) groups is 1. The summed E-state index contributed by atoms with van der Waals surface area (Å²) in [6, 6.07) is 28.1. The maximum Gasteiger partial charge on any atom is 0.267 e. The number of hydrogen-bond donors (Lipinski definition) is 0. The van der Waals surface area contributed by atoms with Gasteiger partial charge in [0.2, 0.25) is 0 Å². The molecule has 5 rings (SSSR count). The lowest BCUT2D eigenvalue weighted by atomic mass is 9.85.